The lowest BCUT2D eigenvalue weighted by molar-refractivity contribution is -0.137. The van der Waals surface area contributed by atoms with Gasteiger partial charge in [-0.25, -0.2) is 0 Å². The molecule has 1 N–H and O–H groups in total. The normalized spacial score (nSPS) is 20.2. The third-order valence-electron chi connectivity index (χ3n) is 3.91. The van der Waals surface area contributed by atoms with Gasteiger partial charge in [-0.3, -0.25) is 4.79 Å². The standard InChI is InChI=1S/C17H13ClF3NO/c18-12-5-1-10(2-6-12)14-9-15(14)16(23)22-13-7-3-11(4-8-13)17(19,20)21/h1-8,14-15H,9H2,(H,22,23)/t14-,15+/m1/s1. The first-order valence-corrected chi connectivity index (χ1v) is 7.46. The summed E-state index contributed by atoms with van der Waals surface area (Å²) in [5, 5.41) is 3.30. The van der Waals surface area contributed by atoms with Crippen LogP contribution in [0.5, 0.6) is 0 Å². The highest BCUT2D eigenvalue weighted by Gasteiger charge is 2.43. The molecule has 2 aromatic carbocycles. The van der Waals surface area contributed by atoms with Gasteiger partial charge in [0.25, 0.3) is 0 Å². The van der Waals surface area contributed by atoms with Crippen molar-refractivity contribution in [2.45, 2.75) is 18.5 Å². The van der Waals surface area contributed by atoms with Crippen molar-refractivity contribution in [3.63, 3.8) is 0 Å². The van der Waals surface area contributed by atoms with E-state index in [-0.39, 0.29) is 17.7 Å². The van der Waals surface area contributed by atoms with E-state index < -0.39 is 11.7 Å². The maximum Gasteiger partial charge on any atom is 0.416 e. The molecule has 2 nitrogen and oxygen atoms in total. The smallest absolute Gasteiger partial charge is 0.326 e. The van der Waals surface area contributed by atoms with Crippen LogP contribution in [0.4, 0.5) is 18.9 Å². The monoisotopic (exact) mass is 339 g/mol. The highest BCUT2D eigenvalue weighted by atomic mass is 35.5. The molecule has 3 rings (SSSR count). The first-order valence-electron chi connectivity index (χ1n) is 7.08. The Kier molecular flexibility index (Phi) is 4.06. The summed E-state index contributed by atoms with van der Waals surface area (Å²) in [5.74, 6) is -0.190. The maximum absolute atomic E-state index is 12.5. The Bertz CT molecular complexity index is 710. The summed E-state index contributed by atoms with van der Waals surface area (Å²) in [5.41, 5.74) is 0.674. The topological polar surface area (TPSA) is 29.1 Å². The first-order chi connectivity index (χ1) is 10.8. The molecule has 120 valence electrons. The highest BCUT2D eigenvalue weighted by molar-refractivity contribution is 6.30. The molecule has 0 aliphatic heterocycles. The molecule has 0 spiro atoms. The van der Waals surface area contributed by atoms with Gasteiger partial charge in [0, 0.05) is 16.6 Å². The number of rotatable bonds is 3. The van der Waals surface area contributed by atoms with Crippen LogP contribution in [0.3, 0.4) is 0 Å². The summed E-state index contributed by atoms with van der Waals surface area (Å²) in [6.45, 7) is 0. The van der Waals surface area contributed by atoms with Crippen molar-refractivity contribution in [1.82, 2.24) is 0 Å². The van der Waals surface area contributed by atoms with Crippen molar-refractivity contribution in [3.05, 3.63) is 64.7 Å². The third kappa shape index (κ3) is 3.67. The molecule has 1 amide bonds. The summed E-state index contributed by atoms with van der Waals surface area (Å²) in [6, 6.07) is 11.8. The van der Waals surface area contributed by atoms with Gasteiger partial charge in [0.1, 0.15) is 0 Å². The van der Waals surface area contributed by atoms with Gasteiger partial charge in [-0.15, -0.1) is 0 Å². The lowest BCUT2D eigenvalue weighted by Crippen LogP contribution is -2.14. The van der Waals surface area contributed by atoms with Crippen LogP contribution in [0.15, 0.2) is 48.5 Å². The van der Waals surface area contributed by atoms with Gasteiger partial charge in [0.2, 0.25) is 5.91 Å². The van der Waals surface area contributed by atoms with Crippen LogP contribution in [0.25, 0.3) is 0 Å². The molecule has 2 aromatic rings. The Labute approximate surface area is 136 Å². The summed E-state index contributed by atoms with van der Waals surface area (Å²) in [4.78, 5) is 12.1. The summed E-state index contributed by atoms with van der Waals surface area (Å²) in [7, 11) is 0. The number of carbonyl (C=O) groups is 1. The number of alkyl halides is 3. The fourth-order valence-electron chi connectivity index (χ4n) is 2.54. The molecule has 0 saturated heterocycles. The van der Waals surface area contributed by atoms with Gasteiger partial charge in [-0.2, -0.15) is 13.2 Å². The Morgan fingerprint density at radius 2 is 1.65 bits per heavy atom. The first kappa shape index (κ1) is 15.9. The summed E-state index contributed by atoms with van der Waals surface area (Å²) >= 11 is 5.83. The number of anilines is 1. The number of carbonyl (C=O) groups excluding carboxylic acids is 1. The Balaban J connectivity index is 1.61. The number of nitrogens with one attached hydrogen (secondary N) is 1. The highest BCUT2D eigenvalue weighted by Crippen LogP contribution is 2.48. The minimum atomic E-state index is -4.38. The van der Waals surface area contributed by atoms with Gasteiger partial charge in [-0.05, 0) is 54.3 Å². The molecule has 0 aromatic heterocycles. The van der Waals surface area contributed by atoms with Gasteiger partial charge in [-0.1, -0.05) is 23.7 Å². The van der Waals surface area contributed by atoms with E-state index in [4.69, 9.17) is 11.6 Å². The quantitative estimate of drug-likeness (QED) is 0.828. The van der Waals surface area contributed by atoms with Crippen LogP contribution >= 0.6 is 11.6 Å². The van der Waals surface area contributed by atoms with Crippen molar-refractivity contribution < 1.29 is 18.0 Å². The zero-order chi connectivity index (χ0) is 16.6. The minimum Gasteiger partial charge on any atom is -0.326 e. The Hall–Kier alpha value is -2.01. The predicted molar refractivity (Wildman–Crippen MR) is 82.4 cm³/mol. The van der Waals surface area contributed by atoms with E-state index in [0.717, 1.165) is 24.1 Å². The second kappa shape index (κ2) is 5.89. The van der Waals surface area contributed by atoms with Crippen LogP contribution in [-0.4, -0.2) is 5.91 Å². The number of benzene rings is 2. The molecule has 2 atom stereocenters. The lowest BCUT2D eigenvalue weighted by atomic mass is 10.1. The average molecular weight is 340 g/mol. The Morgan fingerprint density at radius 1 is 1.04 bits per heavy atom. The zero-order valence-electron chi connectivity index (χ0n) is 11.9. The average Bonchev–Trinajstić information content (AvgIpc) is 3.28. The molecular weight excluding hydrogens is 327 g/mol. The van der Waals surface area contributed by atoms with Crippen LogP contribution < -0.4 is 5.32 Å². The largest absolute Gasteiger partial charge is 0.416 e. The molecule has 1 fully saturated rings. The van der Waals surface area contributed by atoms with E-state index >= 15 is 0 Å². The predicted octanol–water partition coefficient (Wildman–Crippen LogP) is 5.10. The third-order valence-corrected chi connectivity index (χ3v) is 4.16. The van der Waals surface area contributed by atoms with E-state index in [2.05, 4.69) is 5.32 Å². The second-order valence-electron chi connectivity index (χ2n) is 5.56. The van der Waals surface area contributed by atoms with E-state index in [1.54, 1.807) is 12.1 Å². The summed E-state index contributed by atoms with van der Waals surface area (Å²) < 4.78 is 37.5. The molecule has 1 aliphatic carbocycles. The van der Waals surface area contributed by atoms with Crippen molar-refractivity contribution in [3.8, 4) is 0 Å². The molecule has 0 radical (unpaired) electrons. The number of halogens is 4. The van der Waals surface area contributed by atoms with Gasteiger partial charge < -0.3 is 5.32 Å². The van der Waals surface area contributed by atoms with Crippen molar-refractivity contribution in [2.75, 3.05) is 5.32 Å². The molecule has 0 bridgehead atoms. The van der Waals surface area contributed by atoms with E-state index in [9.17, 15) is 18.0 Å². The molecule has 1 saturated carbocycles. The number of amides is 1. The van der Waals surface area contributed by atoms with Crippen LogP contribution in [0.2, 0.25) is 5.02 Å². The maximum atomic E-state index is 12.5. The molecule has 0 unspecified atom stereocenters. The SMILES string of the molecule is O=C(Nc1ccc(C(F)(F)F)cc1)[C@H]1C[C@@H]1c1ccc(Cl)cc1. The van der Waals surface area contributed by atoms with Crippen molar-refractivity contribution in [1.29, 1.82) is 0 Å². The van der Waals surface area contributed by atoms with Crippen LogP contribution in [0, 0.1) is 5.92 Å². The number of hydrogen-bond acceptors (Lipinski definition) is 1. The van der Waals surface area contributed by atoms with Crippen LogP contribution in [0.1, 0.15) is 23.5 Å². The lowest BCUT2D eigenvalue weighted by Gasteiger charge is -2.09. The molecule has 23 heavy (non-hydrogen) atoms. The van der Waals surface area contributed by atoms with Crippen LogP contribution in [-0.2, 0) is 11.0 Å². The summed E-state index contributed by atoms with van der Waals surface area (Å²) in [6.07, 6.45) is -3.65. The van der Waals surface area contributed by atoms with E-state index in [1.807, 2.05) is 12.1 Å². The fourth-order valence-corrected chi connectivity index (χ4v) is 2.67. The van der Waals surface area contributed by atoms with Gasteiger partial charge in [0.15, 0.2) is 0 Å². The molecule has 1 aliphatic rings. The van der Waals surface area contributed by atoms with Gasteiger partial charge >= 0.3 is 6.18 Å². The minimum absolute atomic E-state index is 0.140. The van der Waals surface area contributed by atoms with E-state index in [0.29, 0.717) is 10.7 Å². The van der Waals surface area contributed by atoms with Gasteiger partial charge in [0.05, 0.1) is 5.56 Å². The number of hydrogen-bond donors (Lipinski definition) is 1. The molecule has 6 heteroatoms. The van der Waals surface area contributed by atoms with Crippen molar-refractivity contribution >= 4 is 23.2 Å². The molecular formula is C17H13ClF3NO. The fraction of sp³-hybridized carbons (Fsp3) is 0.235. The zero-order valence-corrected chi connectivity index (χ0v) is 12.7. The second-order valence-corrected chi connectivity index (χ2v) is 6.00. The van der Waals surface area contributed by atoms with E-state index in [1.165, 1.54) is 12.1 Å². The Morgan fingerprint density at radius 3 is 2.22 bits per heavy atom. The van der Waals surface area contributed by atoms with Crippen molar-refractivity contribution in [2.24, 2.45) is 5.92 Å². The molecule has 0 heterocycles.